The van der Waals surface area contributed by atoms with Gasteiger partial charge in [-0.2, -0.15) is 11.8 Å². The molecule has 0 radical (unpaired) electrons. The summed E-state index contributed by atoms with van der Waals surface area (Å²) in [7, 11) is 0. The maximum absolute atomic E-state index is 9.60. The molecule has 3 heteroatoms. The predicted molar refractivity (Wildman–Crippen MR) is 85.6 cm³/mol. The van der Waals surface area contributed by atoms with Crippen molar-refractivity contribution in [1.82, 2.24) is 5.32 Å². The van der Waals surface area contributed by atoms with E-state index in [0.717, 1.165) is 12.2 Å². The van der Waals surface area contributed by atoms with Crippen molar-refractivity contribution in [3.8, 4) is 0 Å². The molecule has 0 saturated carbocycles. The average Bonchev–Trinajstić information content (AvgIpc) is 2.36. The van der Waals surface area contributed by atoms with Crippen LogP contribution in [-0.2, 0) is 5.75 Å². The molecule has 0 spiro atoms. The van der Waals surface area contributed by atoms with Crippen molar-refractivity contribution in [3.63, 3.8) is 0 Å². The minimum Gasteiger partial charge on any atom is -0.394 e. The third-order valence-corrected chi connectivity index (χ3v) is 4.34. The van der Waals surface area contributed by atoms with Gasteiger partial charge in [-0.05, 0) is 18.9 Å². The van der Waals surface area contributed by atoms with Gasteiger partial charge in [0.25, 0.3) is 0 Å². The van der Waals surface area contributed by atoms with Crippen LogP contribution in [0.1, 0.15) is 39.7 Å². The van der Waals surface area contributed by atoms with Gasteiger partial charge in [0.05, 0.1) is 6.61 Å². The number of hydrogen-bond donors (Lipinski definition) is 2. The normalized spacial score (nSPS) is 16.3. The zero-order chi connectivity index (χ0) is 14.3. The molecule has 0 bridgehead atoms. The zero-order valence-corrected chi connectivity index (χ0v) is 13.3. The third-order valence-electron chi connectivity index (χ3n) is 3.10. The van der Waals surface area contributed by atoms with Crippen LogP contribution in [0.5, 0.6) is 0 Å². The zero-order valence-electron chi connectivity index (χ0n) is 12.5. The molecule has 1 aromatic rings. The maximum Gasteiger partial charge on any atom is 0.0611 e. The highest BCUT2D eigenvalue weighted by Crippen LogP contribution is 2.25. The Bertz CT molecular complexity index is 355. The van der Waals surface area contributed by atoms with E-state index < -0.39 is 0 Å². The van der Waals surface area contributed by atoms with Crippen molar-refractivity contribution >= 4 is 11.8 Å². The Labute approximate surface area is 122 Å². The topological polar surface area (TPSA) is 32.3 Å². The minimum atomic E-state index is -0.183. The molecule has 1 aromatic carbocycles. The van der Waals surface area contributed by atoms with E-state index in [0.29, 0.717) is 11.3 Å². The lowest BCUT2D eigenvalue weighted by atomic mass is 9.96. The standard InChI is InChI=1S/C16H27NOS/c1-13(2)17-16(4,12-18)10-14(3)19-11-15-8-6-5-7-9-15/h5-9,13-14,17-18H,10-12H2,1-4H3. The van der Waals surface area contributed by atoms with Crippen LogP contribution in [0.3, 0.4) is 0 Å². The van der Waals surface area contributed by atoms with E-state index >= 15 is 0 Å². The van der Waals surface area contributed by atoms with E-state index in [9.17, 15) is 5.11 Å². The minimum absolute atomic E-state index is 0.182. The molecule has 19 heavy (non-hydrogen) atoms. The van der Waals surface area contributed by atoms with Crippen LogP contribution in [-0.4, -0.2) is 28.5 Å². The van der Waals surface area contributed by atoms with Crippen LogP contribution in [0.2, 0.25) is 0 Å². The molecule has 0 aromatic heterocycles. The van der Waals surface area contributed by atoms with Crippen LogP contribution in [0.25, 0.3) is 0 Å². The fourth-order valence-electron chi connectivity index (χ4n) is 2.37. The Kier molecular flexibility index (Phi) is 6.90. The summed E-state index contributed by atoms with van der Waals surface area (Å²) in [5, 5.41) is 13.6. The van der Waals surface area contributed by atoms with Crippen LogP contribution in [0, 0.1) is 0 Å². The quantitative estimate of drug-likeness (QED) is 0.765. The Balaban J connectivity index is 2.43. The molecule has 0 aliphatic heterocycles. The summed E-state index contributed by atoms with van der Waals surface area (Å²) in [6, 6.07) is 10.9. The van der Waals surface area contributed by atoms with E-state index in [4.69, 9.17) is 0 Å². The number of thioether (sulfide) groups is 1. The molecule has 0 saturated heterocycles. The summed E-state index contributed by atoms with van der Waals surface area (Å²) in [6.45, 7) is 8.77. The number of benzene rings is 1. The summed E-state index contributed by atoms with van der Waals surface area (Å²) in [4.78, 5) is 0. The molecular weight excluding hydrogens is 254 g/mol. The van der Waals surface area contributed by atoms with Gasteiger partial charge in [-0.25, -0.2) is 0 Å². The molecule has 0 fully saturated rings. The number of nitrogens with one attached hydrogen (secondary N) is 1. The third kappa shape index (κ3) is 6.46. The highest BCUT2D eigenvalue weighted by atomic mass is 32.2. The second kappa shape index (κ2) is 7.93. The molecule has 1 rings (SSSR count). The fraction of sp³-hybridized carbons (Fsp3) is 0.625. The Morgan fingerprint density at radius 2 is 1.84 bits per heavy atom. The van der Waals surface area contributed by atoms with Gasteiger partial charge in [0, 0.05) is 22.6 Å². The van der Waals surface area contributed by atoms with E-state index in [1.807, 2.05) is 17.8 Å². The first-order chi connectivity index (χ1) is 8.95. The van der Waals surface area contributed by atoms with Gasteiger partial charge in [0.1, 0.15) is 0 Å². The monoisotopic (exact) mass is 281 g/mol. The number of hydrogen-bond acceptors (Lipinski definition) is 3. The number of aliphatic hydroxyl groups is 1. The lowest BCUT2D eigenvalue weighted by Gasteiger charge is -2.33. The van der Waals surface area contributed by atoms with Crippen LogP contribution >= 0.6 is 11.8 Å². The van der Waals surface area contributed by atoms with Gasteiger partial charge in [-0.3, -0.25) is 0 Å². The molecule has 0 amide bonds. The van der Waals surface area contributed by atoms with Crippen molar-refractivity contribution in [1.29, 1.82) is 0 Å². The van der Waals surface area contributed by atoms with Crippen molar-refractivity contribution in [2.24, 2.45) is 0 Å². The number of rotatable bonds is 8. The fourth-order valence-corrected chi connectivity index (χ4v) is 3.53. The predicted octanol–water partition coefficient (Wildman–Crippen LogP) is 3.45. The SMILES string of the molecule is CC(C)NC(C)(CO)CC(C)SCc1ccccc1. The van der Waals surface area contributed by atoms with Crippen molar-refractivity contribution in [3.05, 3.63) is 35.9 Å². The molecule has 108 valence electrons. The molecule has 0 aliphatic carbocycles. The Morgan fingerprint density at radius 1 is 1.21 bits per heavy atom. The van der Waals surface area contributed by atoms with Gasteiger partial charge >= 0.3 is 0 Å². The lowest BCUT2D eigenvalue weighted by molar-refractivity contribution is 0.157. The summed E-state index contributed by atoms with van der Waals surface area (Å²) in [6.07, 6.45) is 0.971. The first-order valence-electron chi connectivity index (χ1n) is 6.99. The van der Waals surface area contributed by atoms with Gasteiger partial charge in [0.2, 0.25) is 0 Å². The number of aliphatic hydroxyl groups excluding tert-OH is 1. The summed E-state index contributed by atoms with van der Waals surface area (Å²) in [5.74, 6) is 1.03. The smallest absolute Gasteiger partial charge is 0.0611 e. The molecule has 2 unspecified atom stereocenters. The van der Waals surface area contributed by atoms with Crippen LogP contribution < -0.4 is 5.32 Å². The van der Waals surface area contributed by atoms with Crippen molar-refractivity contribution in [2.75, 3.05) is 6.61 Å². The highest BCUT2D eigenvalue weighted by molar-refractivity contribution is 7.99. The average molecular weight is 281 g/mol. The lowest BCUT2D eigenvalue weighted by Crippen LogP contribution is -2.50. The van der Waals surface area contributed by atoms with Gasteiger partial charge < -0.3 is 10.4 Å². The first kappa shape index (κ1) is 16.5. The van der Waals surface area contributed by atoms with Crippen LogP contribution in [0.15, 0.2) is 30.3 Å². The summed E-state index contributed by atoms with van der Waals surface area (Å²) < 4.78 is 0. The highest BCUT2D eigenvalue weighted by Gasteiger charge is 2.26. The molecular formula is C16H27NOS. The molecule has 0 aliphatic rings. The van der Waals surface area contributed by atoms with E-state index in [2.05, 4.69) is 57.3 Å². The van der Waals surface area contributed by atoms with Gasteiger partial charge in [-0.15, -0.1) is 0 Å². The van der Waals surface area contributed by atoms with Crippen molar-refractivity contribution in [2.45, 2.75) is 56.7 Å². The second-order valence-electron chi connectivity index (χ2n) is 5.83. The summed E-state index contributed by atoms with van der Waals surface area (Å²) >= 11 is 1.95. The van der Waals surface area contributed by atoms with Crippen LogP contribution in [0.4, 0.5) is 0 Å². The van der Waals surface area contributed by atoms with Gasteiger partial charge in [-0.1, -0.05) is 51.1 Å². The molecule has 2 nitrogen and oxygen atoms in total. The van der Waals surface area contributed by atoms with E-state index in [1.165, 1.54) is 5.56 Å². The van der Waals surface area contributed by atoms with Gasteiger partial charge in [0.15, 0.2) is 0 Å². The van der Waals surface area contributed by atoms with E-state index in [1.54, 1.807) is 0 Å². The molecule has 2 atom stereocenters. The summed E-state index contributed by atoms with van der Waals surface area (Å²) in [5.41, 5.74) is 1.18. The van der Waals surface area contributed by atoms with E-state index in [-0.39, 0.29) is 12.1 Å². The molecule has 2 N–H and O–H groups in total. The largest absolute Gasteiger partial charge is 0.394 e. The Hall–Kier alpha value is -0.510. The molecule has 0 heterocycles. The Morgan fingerprint density at radius 3 is 2.37 bits per heavy atom. The van der Waals surface area contributed by atoms with Crippen molar-refractivity contribution < 1.29 is 5.11 Å². The second-order valence-corrected chi connectivity index (χ2v) is 7.26. The maximum atomic E-state index is 9.60. The first-order valence-corrected chi connectivity index (χ1v) is 8.04.